The quantitative estimate of drug-likeness (QED) is 0.791. The van der Waals surface area contributed by atoms with E-state index in [1.807, 2.05) is 0 Å². The fourth-order valence-electron chi connectivity index (χ4n) is 1.24. The molecule has 0 saturated carbocycles. The minimum Gasteiger partial charge on any atom is -0.481 e. The van der Waals surface area contributed by atoms with Crippen molar-refractivity contribution < 1.29 is 9.90 Å². The number of hydrogen-bond acceptors (Lipinski definition) is 4. The molecule has 5 heteroatoms. The van der Waals surface area contributed by atoms with Gasteiger partial charge in [0.2, 0.25) is 5.95 Å². The molecular formula is C12H19N3O2. The molecule has 1 heterocycles. The standard InChI is InChI=1S/C12H19N3O2/c1-4-5-9-6-13-11(14-7-9)15-8-12(2,3)10(16)17/h6-7H,4-5,8H2,1-3H3,(H,16,17)(H,13,14,15). The van der Waals surface area contributed by atoms with Gasteiger partial charge in [-0.1, -0.05) is 13.3 Å². The van der Waals surface area contributed by atoms with Crippen molar-refractivity contribution in [2.75, 3.05) is 11.9 Å². The van der Waals surface area contributed by atoms with E-state index >= 15 is 0 Å². The number of carboxylic acid groups (broad SMARTS) is 1. The number of aryl methyl sites for hydroxylation is 1. The lowest BCUT2D eigenvalue weighted by Crippen LogP contribution is -2.32. The Labute approximate surface area is 101 Å². The second-order valence-corrected chi connectivity index (χ2v) is 4.71. The summed E-state index contributed by atoms with van der Waals surface area (Å²) in [4.78, 5) is 19.2. The number of aromatic nitrogens is 2. The molecule has 0 aromatic carbocycles. The number of nitrogens with zero attached hydrogens (tertiary/aromatic N) is 2. The van der Waals surface area contributed by atoms with Crippen LogP contribution < -0.4 is 5.32 Å². The van der Waals surface area contributed by atoms with Gasteiger partial charge in [-0.25, -0.2) is 9.97 Å². The van der Waals surface area contributed by atoms with E-state index in [0.717, 1.165) is 18.4 Å². The maximum atomic E-state index is 10.9. The van der Waals surface area contributed by atoms with Crippen LogP contribution in [0.3, 0.4) is 0 Å². The van der Waals surface area contributed by atoms with E-state index in [1.54, 1.807) is 26.2 Å². The Morgan fingerprint density at radius 1 is 1.41 bits per heavy atom. The molecule has 0 spiro atoms. The van der Waals surface area contributed by atoms with Crippen LogP contribution in [0.1, 0.15) is 32.8 Å². The topological polar surface area (TPSA) is 75.1 Å². The van der Waals surface area contributed by atoms with Crippen molar-refractivity contribution in [2.45, 2.75) is 33.6 Å². The predicted molar refractivity (Wildman–Crippen MR) is 65.9 cm³/mol. The molecule has 1 aromatic rings. The molecular weight excluding hydrogens is 218 g/mol. The van der Waals surface area contributed by atoms with Gasteiger partial charge in [0.15, 0.2) is 0 Å². The molecule has 0 bridgehead atoms. The SMILES string of the molecule is CCCc1cnc(NCC(C)(C)C(=O)O)nc1. The minimum absolute atomic E-state index is 0.301. The maximum Gasteiger partial charge on any atom is 0.310 e. The summed E-state index contributed by atoms with van der Waals surface area (Å²) in [7, 11) is 0. The summed E-state index contributed by atoms with van der Waals surface area (Å²) in [6, 6.07) is 0. The first-order chi connectivity index (χ1) is 7.95. The molecule has 0 atom stereocenters. The first-order valence-corrected chi connectivity index (χ1v) is 5.74. The molecule has 0 aliphatic heterocycles. The van der Waals surface area contributed by atoms with Gasteiger partial charge in [0.1, 0.15) is 0 Å². The van der Waals surface area contributed by atoms with Crippen molar-refractivity contribution in [2.24, 2.45) is 5.41 Å². The highest BCUT2D eigenvalue weighted by molar-refractivity contribution is 5.74. The number of carbonyl (C=O) groups is 1. The van der Waals surface area contributed by atoms with Crippen LogP contribution in [0, 0.1) is 5.41 Å². The van der Waals surface area contributed by atoms with Gasteiger partial charge in [-0.2, -0.15) is 0 Å². The largest absolute Gasteiger partial charge is 0.481 e. The Kier molecular flexibility index (Phi) is 4.43. The third kappa shape index (κ3) is 4.01. The molecule has 17 heavy (non-hydrogen) atoms. The van der Waals surface area contributed by atoms with Crippen LogP contribution >= 0.6 is 0 Å². The lowest BCUT2D eigenvalue weighted by molar-refractivity contribution is -0.146. The van der Waals surface area contributed by atoms with Crippen LogP contribution in [-0.2, 0) is 11.2 Å². The number of aliphatic carboxylic acids is 1. The molecule has 0 radical (unpaired) electrons. The maximum absolute atomic E-state index is 10.9. The van der Waals surface area contributed by atoms with E-state index in [2.05, 4.69) is 22.2 Å². The second kappa shape index (κ2) is 5.61. The van der Waals surface area contributed by atoms with Gasteiger partial charge in [-0.15, -0.1) is 0 Å². The van der Waals surface area contributed by atoms with Crippen molar-refractivity contribution in [3.05, 3.63) is 18.0 Å². The highest BCUT2D eigenvalue weighted by Crippen LogP contribution is 2.15. The van der Waals surface area contributed by atoms with E-state index < -0.39 is 11.4 Å². The molecule has 0 amide bonds. The predicted octanol–water partition coefficient (Wildman–Crippen LogP) is 1.95. The van der Waals surface area contributed by atoms with Gasteiger partial charge in [-0.3, -0.25) is 4.79 Å². The fraction of sp³-hybridized carbons (Fsp3) is 0.583. The van der Waals surface area contributed by atoms with Crippen LogP contribution in [0.4, 0.5) is 5.95 Å². The van der Waals surface area contributed by atoms with Crippen LogP contribution in [0.15, 0.2) is 12.4 Å². The molecule has 0 fully saturated rings. The van der Waals surface area contributed by atoms with Crippen molar-refractivity contribution in [3.63, 3.8) is 0 Å². The molecule has 0 saturated heterocycles. The van der Waals surface area contributed by atoms with Crippen molar-refractivity contribution in [1.82, 2.24) is 9.97 Å². The Hall–Kier alpha value is -1.65. The zero-order valence-electron chi connectivity index (χ0n) is 10.5. The van der Waals surface area contributed by atoms with Gasteiger partial charge >= 0.3 is 5.97 Å². The highest BCUT2D eigenvalue weighted by Gasteiger charge is 2.26. The summed E-state index contributed by atoms with van der Waals surface area (Å²) < 4.78 is 0. The number of rotatable bonds is 6. The zero-order chi connectivity index (χ0) is 12.9. The lowest BCUT2D eigenvalue weighted by atomic mass is 9.94. The summed E-state index contributed by atoms with van der Waals surface area (Å²) in [5.74, 6) is -0.369. The van der Waals surface area contributed by atoms with E-state index in [1.165, 1.54) is 0 Å². The van der Waals surface area contributed by atoms with Crippen LogP contribution in [-0.4, -0.2) is 27.6 Å². The molecule has 5 nitrogen and oxygen atoms in total. The Balaban J connectivity index is 2.55. The van der Waals surface area contributed by atoms with E-state index in [4.69, 9.17) is 5.11 Å². The summed E-state index contributed by atoms with van der Waals surface area (Å²) in [5, 5.41) is 11.9. The van der Waals surface area contributed by atoms with Crippen LogP contribution in [0.2, 0.25) is 0 Å². The van der Waals surface area contributed by atoms with Crippen LogP contribution in [0.25, 0.3) is 0 Å². The second-order valence-electron chi connectivity index (χ2n) is 4.71. The smallest absolute Gasteiger partial charge is 0.310 e. The third-order valence-electron chi connectivity index (χ3n) is 2.51. The lowest BCUT2D eigenvalue weighted by Gasteiger charge is -2.19. The molecule has 0 aliphatic carbocycles. The average Bonchev–Trinajstić information content (AvgIpc) is 2.28. The Morgan fingerprint density at radius 2 is 2.00 bits per heavy atom. The van der Waals surface area contributed by atoms with Crippen molar-refractivity contribution >= 4 is 11.9 Å². The average molecular weight is 237 g/mol. The summed E-state index contributed by atoms with van der Waals surface area (Å²) >= 11 is 0. The van der Waals surface area contributed by atoms with Crippen molar-refractivity contribution in [1.29, 1.82) is 0 Å². The molecule has 1 aromatic heterocycles. The van der Waals surface area contributed by atoms with Crippen LogP contribution in [0.5, 0.6) is 0 Å². The molecule has 1 rings (SSSR count). The first-order valence-electron chi connectivity index (χ1n) is 5.74. The first kappa shape index (κ1) is 13.4. The van der Waals surface area contributed by atoms with E-state index in [9.17, 15) is 4.79 Å². The third-order valence-corrected chi connectivity index (χ3v) is 2.51. The van der Waals surface area contributed by atoms with Gasteiger partial charge < -0.3 is 10.4 Å². The zero-order valence-corrected chi connectivity index (χ0v) is 10.5. The number of carboxylic acids is 1. The molecule has 0 unspecified atom stereocenters. The minimum atomic E-state index is -0.840. The number of anilines is 1. The number of nitrogens with one attached hydrogen (secondary N) is 1. The Morgan fingerprint density at radius 3 is 2.47 bits per heavy atom. The molecule has 94 valence electrons. The van der Waals surface area contributed by atoms with Gasteiger partial charge in [0.05, 0.1) is 5.41 Å². The normalized spacial score (nSPS) is 11.2. The summed E-state index contributed by atoms with van der Waals surface area (Å²) in [6.07, 6.45) is 5.56. The summed E-state index contributed by atoms with van der Waals surface area (Å²) in [6.45, 7) is 5.72. The Bertz CT molecular complexity index is 374. The van der Waals surface area contributed by atoms with E-state index in [0.29, 0.717) is 12.5 Å². The summed E-state index contributed by atoms with van der Waals surface area (Å²) in [5.41, 5.74) is 0.265. The number of hydrogen-bond donors (Lipinski definition) is 2. The fourth-order valence-corrected chi connectivity index (χ4v) is 1.24. The van der Waals surface area contributed by atoms with E-state index in [-0.39, 0.29) is 0 Å². The van der Waals surface area contributed by atoms with Gasteiger partial charge in [0.25, 0.3) is 0 Å². The monoisotopic (exact) mass is 237 g/mol. The molecule has 0 aliphatic rings. The molecule has 2 N–H and O–H groups in total. The highest BCUT2D eigenvalue weighted by atomic mass is 16.4. The van der Waals surface area contributed by atoms with Gasteiger partial charge in [0, 0.05) is 18.9 Å². The van der Waals surface area contributed by atoms with Crippen molar-refractivity contribution in [3.8, 4) is 0 Å². The van der Waals surface area contributed by atoms with Gasteiger partial charge in [-0.05, 0) is 25.8 Å².